The third-order valence-corrected chi connectivity index (χ3v) is 5.78. The molecule has 0 unspecified atom stereocenters. The van der Waals surface area contributed by atoms with Crippen LogP contribution in [0.4, 0.5) is 24.7 Å². The van der Waals surface area contributed by atoms with E-state index < -0.39 is 22.7 Å². The molecule has 0 atom stereocenters. The molecule has 1 fully saturated rings. The number of hydroxylamine groups is 1. The maximum Gasteiger partial charge on any atom is 0.573 e. The molecule has 1 aliphatic heterocycles. The van der Waals surface area contributed by atoms with Gasteiger partial charge >= 0.3 is 17.9 Å². The smallest absolute Gasteiger partial charge is 0.406 e. The standard InChI is InChI=1S/C23H24F3N7O5/c1-13(2)19-29-21(37-31-19)16-8-10-32(11-9-16)20-18(33(34)35)22(28-12-27-20)38-30-14(3)15-4-6-17(7-5-15)36-23(24,25)26/h4-7,12-13,16,30H,3,8-11H2,1-2H3. The summed E-state index contributed by atoms with van der Waals surface area (Å²) in [4.78, 5) is 30.9. The van der Waals surface area contributed by atoms with Crippen molar-refractivity contribution >= 4 is 17.2 Å². The van der Waals surface area contributed by atoms with Crippen LogP contribution >= 0.6 is 0 Å². The average Bonchev–Trinajstić information content (AvgIpc) is 3.37. The Labute approximate surface area is 214 Å². The lowest BCUT2D eigenvalue weighted by atomic mass is 9.96. The Kier molecular flexibility index (Phi) is 7.64. The Morgan fingerprint density at radius 1 is 1.24 bits per heavy atom. The lowest BCUT2D eigenvalue weighted by Gasteiger charge is -2.30. The van der Waals surface area contributed by atoms with Gasteiger partial charge < -0.3 is 19.0 Å². The first-order valence-electron chi connectivity index (χ1n) is 11.6. The molecule has 3 aromatic rings. The number of ether oxygens (including phenoxy) is 1. The second kappa shape index (κ2) is 10.9. The zero-order valence-electron chi connectivity index (χ0n) is 20.4. The number of aromatic nitrogens is 4. The van der Waals surface area contributed by atoms with E-state index in [-0.39, 0.29) is 29.2 Å². The van der Waals surface area contributed by atoms with Crippen LogP contribution in [0.3, 0.4) is 0 Å². The predicted octanol–water partition coefficient (Wildman–Crippen LogP) is 4.73. The van der Waals surface area contributed by atoms with Crippen molar-refractivity contribution in [1.82, 2.24) is 25.6 Å². The Hall–Kier alpha value is -4.43. The van der Waals surface area contributed by atoms with Crippen molar-refractivity contribution in [2.45, 2.75) is 44.9 Å². The number of nitrogens with one attached hydrogen (secondary N) is 1. The van der Waals surface area contributed by atoms with E-state index in [4.69, 9.17) is 9.36 Å². The van der Waals surface area contributed by atoms with Crippen molar-refractivity contribution < 1.29 is 32.2 Å². The maximum absolute atomic E-state index is 12.4. The minimum Gasteiger partial charge on any atom is -0.406 e. The summed E-state index contributed by atoms with van der Waals surface area (Å²) in [7, 11) is 0. The number of nitrogens with zero attached hydrogens (tertiary/aromatic N) is 6. The second-order valence-corrected chi connectivity index (χ2v) is 8.77. The predicted molar refractivity (Wildman–Crippen MR) is 127 cm³/mol. The minimum absolute atomic E-state index is 0.0285. The summed E-state index contributed by atoms with van der Waals surface area (Å²) in [5.74, 6) is 0.689. The number of piperidine rings is 1. The number of anilines is 1. The van der Waals surface area contributed by atoms with Crippen LogP contribution in [0.1, 0.15) is 55.8 Å². The van der Waals surface area contributed by atoms with Crippen LogP contribution in [0.25, 0.3) is 5.70 Å². The first-order valence-corrected chi connectivity index (χ1v) is 11.6. The van der Waals surface area contributed by atoms with E-state index in [1.807, 2.05) is 13.8 Å². The average molecular weight is 535 g/mol. The van der Waals surface area contributed by atoms with Crippen molar-refractivity contribution in [1.29, 1.82) is 0 Å². The van der Waals surface area contributed by atoms with Gasteiger partial charge in [-0.3, -0.25) is 10.1 Å². The zero-order valence-corrected chi connectivity index (χ0v) is 20.4. The lowest BCUT2D eigenvalue weighted by Crippen LogP contribution is -2.34. The van der Waals surface area contributed by atoms with Crippen LogP contribution in [0.5, 0.6) is 11.6 Å². The number of benzene rings is 1. The molecule has 0 radical (unpaired) electrons. The molecule has 0 aliphatic carbocycles. The quantitative estimate of drug-likeness (QED) is 0.300. The van der Waals surface area contributed by atoms with Crippen molar-refractivity contribution in [2.75, 3.05) is 18.0 Å². The normalized spacial score (nSPS) is 14.4. The molecule has 1 saturated heterocycles. The Morgan fingerprint density at radius 2 is 1.92 bits per heavy atom. The Balaban J connectivity index is 1.42. The molecule has 3 heterocycles. The molecule has 1 N–H and O–H groups in total. The van der Waals surface area contributed by atoms with E-state index in [1.165, 1.54) is 12.1 Å². The zero-order chi connectivity index (χ0) is 27.4. The third kappa shape index (κ3) is 6.27. The van der Waals surface area contributed by atoms with Gasteiger partial charge in [-0.2, -0.15) is 9.97 Å². The van der Waals surface area contributed by atoms with Crippen LogP contribution < -0.4 is 20.0 Å². The highest BCUT2D eigenvalue weighted by molar-refractivity contribution is 5.64. The van der Waals surface area contributed by atoms with Gasteiger partial charge in [-0.15, -0.1) is 13.2 Å². The highest BCUT2D eigenvalue weighted by atomic mass is 19.4. The van der Waals surface area contributed by atoms with Gasteiger partial charge in [0, 0.05) is 30.5 Å². The minimum atomic E-state index is -4.82. The van der Waals surface area contributed by atoms with E-state index in [2.05, 4.69) is 36.9 Å². The first-order chi connectivity index (χ1) is 18.0. The molecule has 15 heteroatoms. The van der Waals surface area contributed by atoms with E-state index in [9.17, 15) is 23.3 Å². The van der Waals surface area contributed by atoms with Crippen LogP contribution in [0.15, 0.2) is 41.7 Å². The fourth-order valence-electron chi connectivity index (χ4n) is 3.83. The molecule has 0 amide bonds. The Morgan fingerprint density at radius 3 is 2.50 bits per heavy atom. The summed E-state index contributed by atoms with van der Waals surface area (Å²) in [5.41, 5.74) is 2.49. The molecule has 202 valence electrons. The number of nitro groups is 1. The molecule has 12 nitrogen and oxygen atoms in total. The van der Waals surface area contributed by atoms with Crippen molar-refractivity contribution in [3.8, 4) is 11.6 Å². The van der Waals surface area contributed by atoms with Gasteiger partial charge in [0.15, 0.2) is 5.82 Å². The maximum atomic E-state index is 12.4. The summed E-state index contributed by atoms with van der Waals surface area (Å²) in [6.45, 7) is 8.58. The van der Waals surface area contributed by atoms with Gasteiger partial charge in [0.2, 0.25) is 11.7 Å². The van der Waals surface area contributed by atoms with E-state index in [0.29, 0.717) is 43.2 Å². The molecule has 38 heavy (non-hydrogen) atoms. The SMILES string of the molecule is C=C(NOc1ncnc(N2CCC(c3nc(C(C)C)no3)CC2)c1[N+](=O)[O-])c1ccc(OC(F)(F)F)cc1. The van der Waals surface area contributed by atoms with E-state index in [1.54, 1.807) is 4.90 Å². The molecule has 2 aromatic heterocycles. The van der Waals surface area contributed by atoms with Crippen LogP contribution in [0, 0.1) is 10.1 Å². The van der Waals surface area contributed by atoms with Gasteiger partial charge in [-0.1, -0.05) is 25.6 Å². The molecule has 0 bridgehead atoms. The number of rotatable bonds is 9. The van der Waals surface area contributed by atoms with Crippen molar-refractivity contribution in [3.05, 3.63) is 64.6 Å². The molecule has 0 spiro atoms. The van der Waals surface area contributed by atoms with Gasteiger partial charge in [-0.05, 0) is 37.1 Å². The highest BCUT2D eigenvalue weighted by Gasteiger charge is 2.33. The largest absolute Gasteiger partial charge is 0.573 e. The number of alkyl halides is 3. The van der Waals surface area contributed by atoms with Gasteiger partial charge in [0.05, 0.1) is 10.6 Å². The second-order valence-electron chi connectivity index (χ2n) is 8.77. The van der Waals surface area contributed by atoms with Crippen molar-refractivity contribution in [2.24, 2.45) is 0 Å². The molecule has 4 rings (SSSR count). The topological polar surface area (TPSA) is 142 Å². The molecule has 1 aromatic carbocycles. The fourth-order valence-corrected chi connectivity index (χ4v) is 3.83. The summed E-state index contributed by atoms with van der Waals surface area (Å²) in [6.07, 6.45) is -2.42. The van der Waals surface area contributed by atoms with E-state index in [0.717, 1.165) is 18.5 Å². The third-order valence-electron chi connectivity index (χ3n) is 5.78. The number of hydrogen-bond donors (Lipinski definition) is 1. The van der Waals surface area contributed by atoms with Crippen LogP contribution in [-0.2, 0) is 0 Å². The van der Waals surface area contributed by atoms with E-state index >= 15 is 0 Å². The molecule has 1 aliphatic rings. The number of hydrogen-bond acceptors (Lipinski definition) is 11. The summed E-state index contributed by atoms with van der Waals surface area (Å²) < 4.78 is 46.3. The van der Waals surface area contributed by atoms with Gasteiger partial charge in [0.1, 0.15) is 12.1 Å². The molecular formula is C23H24F3N7O5. The van der Waals surface area contributed by atoms with Crippen LogP contribution in [-0.4, -0.2) is 44.5 Å². The van der Waals surface area contributed by atoms with Gasteiger partial charge in [0.25, 0.3) is 0 Å². The van der Waals surface area contributed by atoms with Gasteiger partial charge in [-0.25, -0.2) is 10.5 Å². The summed E-state index contributed by atoms with van der Waals surface area (Å²) >= 11 is 0. The first kappa shape index (κ1) is 26.6. The van der Waals surface area contributed by atoms with Crippen LogP contribution in [0.2, 0.25) is 0 Å². The Bertz CT molecular complexity index is 1290. The monoisotopic (exact) mass is 535 g/mol. The molecule has 0 saturated carbocycles. The lowest BCUT2D eigenvalue weighted by molar-refractivity contribution is -0.385. The molecular weight excluding hydrogens is 511 g/mol. The summed E-state index contributed by atoms with van der Waals surface area (Å²) in [5, 5.41) is 15.9. The fraction of sp³-hybridized carbons (Fsp3) is 0.391. The highest BCUT2D eigenvalue weighted by Crippen LogP contribution is 2.37. The summed E-state index contributed by atoms with van der Waals surface area (Å²) in [6, 6.07) is 4.83. The number of halogens is 3. The van der Waals surface area contributed by atoms with Crippen molar-refractivity contribution in [3.63, 3.8) is 0 Å².